The van der Waals surface area contributed by atoms with Crippen molar-refractivity contribution < 1.29 is 24.2 Å². The van der Waals surface area contributed by atoms with Crippen LogP contribution < -0.4 is 11.1 Å². The smallest absolute Gasteiger partial charge is 0.408 e. The Bertz CT molecular complexity index is 1010. The van der Waals surface area contributed by atoms with Crippen molar-refractivity contribution in [3.8, 4) is 5.75 Å². The van der Waals surface area contributed by atoms with E-state index in [1.54, 1.807) is 32.9 Å². The zero-order valence-corrected chi connectivity index (χ0v) is 21.3. The highest BCUT2D eigenvalue weighted by molar-refractivity contribution is 5.89. The van der Waals surface area contributed by atoms with Gasteiger partial charge in [-0.05, 0) is 81.8 Å². The minimum absolute atomic E-state index is 0.128. The number of aryl methyl sites for hydroxylation is 3. The fourth-order valence-corrected chi connectivity index (χ4v) is 3.94. The third-order valence-electron chi connectivity index (χ3n) is 5.47. The molecule has 4 N–H and O–H groups in total. The molecule has 35 heavy (non-hydrogen) atoms. The number of amides is 3. The third kappa shape index (κ3) is 9.31. The van der Waals surface area contributed by atoms with Crippen molar-refractivity contribution in [3.05, 3.63) is 64.7 Å². The number of phenols is 1. The maximum absolute atomic E-state index is 13.6. The van der Waals surface area contributed by atoms with Gasteiger partial charge in [0.15, 0.2) is 0 Å². The van der Waals surface area contributed by atoms with Gasteiger partial charge < -0.3 is 25.8 Å². The molecule has 1 atom stereocenters. The lowest BCUT2D eigenvalue weighted by Gasteiger charge is -2.29. The van der Waals surface area contributed by atoms with Gasteiger partial charge in [-0.15, -0.1) is 0 Å². The summed E-state index contributed by atoms with van der Waals surface area (Å²) in [5.74, 6) is -0.927. The number of benzene rings is 2. The molecule has 0 aliphatic heterocycles. The van der Waals surface area contributed by atoms with Crippen molar-refractivity contribution in [1.82, 2.24) is 10.2 Å². The molecule has 190 valence electrons. The quantitative estimate of drug-likeness (QED) is 0.478. The van der Waals surface area contributed by atoms with E-state index in [0.717, 1.165) is 28.7 Å². The lowest BCUT2D eigenvalue weighted by atomic mass is 9.95. The number of carbonyl (C=O) groups is 3. The number of hydrogen-bond donors (Lipinski definition) is 3. The van der Waals surface area contributed by atoms with Gasteiger partial charge in [0, 0.05) is 13.0 Å². The average molecular weight is 484 g/mol. The molecule has 3 amide bonds. The van der Waals surface area contributed by atoms with Crippen LogP contribution in [0.3, 0.4) is 0 Å². The van der Waals surface area contributed by atoms with Crippen LogP contribution in [0, 0.1) is 13.8 Å². The predicted molar refractivity (Wildman–Crippen MR) is 135 cm³/mol. The van der Waals surface area contributed by atoms with Gasteiger partial charge in [-0.25, -0.2) is 4.79 Å². The normalized spacial score (nSPS) is 12.0. The first-order chi connectivity index (χ1) is 16.4. The molecule has 0 saturated heterocycles. The number of primary amides is 1. The van der Waals surface area contributed by atoms with Gasteiger partial charge in [0.25, 0.3) is 0 Å². The first-order valence-electron chi connectivity index (χ1n) is 11.8. The van der Waals surface area contributed by atoms with Crippen LogP contribution in [0.1, 0.15) is 49.4 Å². The van der Waals surface area contributed by atoms with E-state index in [4.69, 9.17) is 10.5 Å². The fourth-order valence-electron chi connectivity index (χ4n) is 3.94. The average Bonchev–Trinajstić information content (AvgIpc) is 2.73. The van der Waals surface area contributed by atoms with E-state index in [-0.39, 0.29) is 18.7 Å². The second-order valence-corrected chi connectivity index (χ2v) is 9.78. The van der Waals surface area contributed by atoms with Crippen molar-refractivity contribution in [3.63, 3.8) is 0 Å². The van der Waals surface area contributed by atoms with Crippen molar-refractivity contribution in [2.75, 3.05) is 13.1 Å². The summed E-state index contributed by atoms with van der Waals surface area (Å²) in [6.07, 6.45) is 0.793. The van der Waals surface area contributed by atoms with E-state index in [1.807, 2.05) is 44.2 Å². The highest BCUT2D eigenvalue weighted by Crippen LogP contribution is 2.23. The molecule has 2 aromatic carbocycles. The fraction of sp³-hybridized carbons (Fsp3) is 0.444. The Morgan fingerprint density at radius 1 is 1.09 bits per heavy atom. The zero-order chi connectivity index (χ0) is 26.2. The van der Waals surface area contributed by atoms with Crippen LogP contribution in [-0.2, 0) is 27.2 Å². The number of nitrogens with one attached hydrogen (secondary N) is 1. The second-order valence-electron chi connectivity index (χ2n) is 9.78. The minimum Gasteiger partial charge on any atom is -0.508 e. The molecule has 0 bridgehead atoms. The molecule has 0 spiro atoms. The molecule has 0 aliphatic rings. The van der Waals surface area contributed by atoms with Crippen LogP contribution in [0.2, 0.25) is 0 Å². The molecule has 1 unspecified atom stereocenters. The van der Waals surface area contributed by atoms with Crippen LogP contribution in [0.25, 0.3) is 0 Å². The third-order valence-corrected chi connectivity index (χ3v) is 5.47. The van der Waals surface area contributed by atoms with Gasteiger partial charge in [-0.2, -0.15) is 0 Å². The first kappa shape index (κ1) is 27.7. The predicted octanol–water partition coefficient (Wildman–Crippen LogP) is 3.39. The van der Waals surface area contributed by atoms with E-state index < -0.39 is 29.6 Å². The number of nitrogens with zero attached hydrogens (tertiary/aromatic N) is 1. The maximum atomic E-state index is 13.6. The number of rotatable bonds is 10. The largest absolute Gasteiger partial charge is 0.508 e. The number of aromatic hydroxyl groups is 1. The standard InChI is InChI=1S/C27H37N3O5/c1-18-14-21(31)15-19(2)22(18)16-23(29-26(34)35-27(3,4)5)25(33)30(17-24(28)32)13-9-12-20-10-7-6-8-11-20/h6-8,10-11,14-15,23,31H,9,12-13,16-17H2,1-5H3,(H2,28,32)(H,29,34). The molecule has 0 saturated carbocycles. The van der Waals surface area contributed by atoms with Crippen molar-refractivity contribution in [2.24, 2.45) is 5.73 Å². The summed E-state index contributed by atoms with van der Waals surface area (Å²) in [5, 5.41) is 12.6. The number of alkyl carbamates (subject to hydrolysis) is 1. The number of ether oxygens (including phenoxy) is 1. The molecule has 0 aromatic heterocycles. The van der Waals surface area contributed by atoms with Crippen molar-refractivity contribution in [2.45, 2.75) is 65.5 Å². The van der Waals surface area contributed by atoms with E-state index in [2.05, 4.69) is 5.32 Å². The summed E-state index contributed by atoms with van der Waals surface area (Å²) >= 11 is 0. The molecule has 0 radical (unpaired) electrons. The van der Waals surface area contributed by atoms with Gasteiger partial charge >= 0.3 is 6.09 Å². The lowest BCUT2D eigenvalue weighted by molar-refractivity contribution is -0.137. The number of carbonyl (C=O) groups excluding carboxylic acids is 3. The Morgan fingerprint density at radius 3 is 2.23 bits per heavy atom. The zero-order valence-electron chi connectivity index (χ0n) is 21.3. The molecule has 8 nitrogen and oxygen atoms in total. The maximum Gasteiger partial charge on any atom is 0.408 e. The van der Waals surface area contributed by atoms with E-state index in [0.29, 0.717) is 13.0 Å². The highest BCUT2D eigenvalue weighted by Gasteiger charge is 2.30. The van der Waals surface area contributed by atoms with Gasteiger partial charge in [-0.3, -0.25) is 9.59 Å². The molecule has 2 aromatic rings. The molecular weight excluding hydrogens is 446 g/mol. The van der Waals surface area contributed by atoms with Gasteiger partial charge in [0.05, 0.1) is 6.54 Å². The molecule has 8 heteroatoms. The number of hydrogen-bond acceptors (Lipinski definition) is 5. The topological polar surface area (TPSA) is 122 Å². The van der Waals surface area contributed by atoms with Gasteiger partial charge in [0.1, 0.15) is 17.4 Å². The molecule has 0 aliphatic carbocycles. The summed E-state index contributed by atoms with van der Waals surface area (Å²) in [5.41, 5.74) is 8.22. The van der Waals surface area contributed by atoms with E-state index in [9.17, 15) is 19.5 Å². The van der Waals surface area contributed by atoms with Gasteiger partial charge in [0.2, 0.25) is 11.8 Å². The second kappa shape index (κ2) is 12.2. The van der Waals surface area contributed by atoms with E-state index in [1.165, 1.54) is 4.90 Å². The Morgan fingerprint density at radius 2 is 1.69 bits per heavy atom. The van der Waals surface area contributed by atoms with Crippen LogP contribution in [0.15, 0.2) is 42.5 Å². The molecule has 2 rings (SSSR count). The lowest BCUT2D eigenvalue weighted by Crippen LogP contribution is -2.52. The van der Waals surface area contributed by atoms with Crippen LogP contribution >= 0.6 is 0 Å². The Kier molecular flexibility index (Phi) is 9.68. The summed E-state index contributed by atoms with van der Waals surface area (Å²) in [4.78, 5) is 39.4. The van der Waals surface area contributed by atoms with Crippen LogP contribution in [0.5, 0.6) is 5.75 Å². The van der Waals surface area contributed by atoms with Gasteiger partial charge in [-0.1, -0.05) is 30.3 Å². The summed E-state index contributed by atoms with van der Waals surface area (Å²) in [6.45, 7) is 8.92. The SMILES string of the molecule is Cc1cc(O)cc(C)c1CC(NC(=O)OC(C)(C)C)C(=O)N(CCCc1ccccc1)CC(N)=O. The monoisotopic (exact) mass is 483 g/mol. The number of nitrogens with two attached hydrogens (primary N) is 1. The highest BCUT2D eigenvalue weighted by atomic mass is 16.6. The van der Waals surface area contributed by atoms with Crippen molar-refractivity contribution in [1.29, 1.82) is 0 Å². The molecular formula is C27H37N3O5. The minimum atomic E-state index is -0.983. The summed E-state index contributed by atoms with van der Waals surface area (Å²) in [6, 6.07) is 12.1. The first-order valence-corrected chi connectivity index (χ1v) is 11.8. The molecule has 0 heterocycles. The molecule has 0 fully saturated rings. The van der Waals surface area contributed by atoms with Crippen LogP contribution in [-0.4, -0.2) is 52.6 Å². The number of phenolic OH excluding ortho intramolecular Hbond substituents is 1. The Labute approximate surface area is 207 Å². The van der Waals surface area contributed by atoms with E-state index >= 15 is 0 Å². The van der Waals surface area contributed by atoms with Crippen LogP contribution in [0.4, 0.5) is 4.79 Å². The summed E-state index contributed by atoms with van der Waals surface area (Å²) < 4.78 is 5.38. The van der Waals surface area contributed by atoms with Crippen molar-refractivity contribution >= 4 is 17.9 Å². The summed E-state index contributed by atoms with van der Waals surface area (Å²) in [7, 11) is 0. The Hall–Kier alpha value is -3.55. The Balaban J connectivity index is 2.27.